The summed E-state index contributed by atoms with van der Waals surface area (Å²) in [6.45, 7) is 11.4. The van der Waals surface area contributed by atoms with Crippen LogP contribution in [0.4, 0.5) is 0 Å². The highest BCUT2D eigenvalue weighted by atomic mass is 16.7. The molecule has 1 heterocycles. The van der Waals surface area contributed by atoms with Crippen LogP contribution in [-0.4, -0.2) is 36.4 Å². The van der Waals surface area contributed by atoms with Gasteiger partial charge in [-0.3, -0.25) is 0 Å². The van der Waals surface area contributed by atoms with Gasteiger partial charge in [0.15, 0.2) is 0 Å². The Bertz CT molecular complexity index is 1150. The van der Waals surface area contributed by atoms with E-state index in [1.165, 1.54) is 0 Å². The molecule has 1 aliphatic heterocycles. The van der Waals surface area contributed by atoms with E-state index in [0.717, 1.165) is 51.0 Å². The quantitative estimate of drug-likeness (QED) is 0.0659. The van der Waals surface area contributed by atoms with E-state index in [0.29, 0.717) is 41.2 Å². The van der Waals surface area contributed by atoms with E-state index in [1.54, 1.807) is 48.5 Å². The van der Waals surface area contributed by atoms with Crippen molar-refractivity contribution in [3.63, 3.8) is 0 Å². The second-order valence-electron chi connectivity index (χ2n) is 9.97. The number of benzene rings is 2. The zero-order chi connectivity index (χ0) is 29.6. The number of ether oxygens (including phenoxy) is 5. The van der Waals surface area contributed by atoms with Gasteiger partial charge in [0.1, 0.15) is 29.5 Å². The number of esters is 3. The van der Waals surface area contributed by atoms with Gasteiger partial charge in [0.05, 0.1) is 5.56 Å². The van der Waals surface area contributed by atoms with Crippen LogP contribution in [0.15, 0.2) is 73.3 Å². The van der Waals surface area contributed by atoms with Gasteiger partial charge in [-0.05, 0) is 67.8 Å². The Morgan fingerprint density at radius 1 is 0.902 bits per heavy atom. The summed E-state index contributed by atoms with van der Waals surface area (Å²) in [6, 6.07) is 13.2. The van der Waals surface area contributed by atoms with Gasteiger partial charge >= 0.3 is 17.9 Å². The number of carbonyl (C=O) groups is 3. The number of cyclic esters (lactones) is 1. The maximum Gasteiger partial charge on any atom is 0.343 e. The molecule has 220 valence electrons. The molecule has 0 N–H and O–H groups in total. The van der Waals surface area contributed by atoms with Gasteiger partial charge in [-0.1, -0.05) is 52.7 Å². The van der Waals surface area contributed by atoms with Crippen LogP contribution in [0.25, 0.3) is 0 Å². The lowest BCUT2D eigenvalue weighted by Crippen LogP contribution is -2.31. The van der Waals surface area contributed by atoms with E-state index in [9.17, 15) is 14.4 Å². The molecule has 3 atom stereocenters. The molecule has 1 saturated heterocycles. The molecule has 1 fully saturated rings. The lowest BCUT2D eigenvalue weighted by molar-refractivity contribution is -0.158. The van der Waals surface area contributed by atoms with Crippen LogP contribution in [0.5, 0.6) is 17.2 Å². The fraction of sp³-hybridized carbons (Fsp3) is 0.424. The summed E-state index contributed by atoms with van der Waals surface area (Å²) < 4.78 is 28.3. The Hall–Kier alpha value is -4.07. The molecule has 1 aliphatic rings. The number of unbranched alkanes of at least 4 members (excludes halogenated alkanes) is 4. The standard InChI is InChI=1S/C33H40O8/c1-5-8-10-11-13-31(41-30(34)7-3)38-26-18-20-27(21-19-26)39-33(36)24-14-16-25(17-15-24)37-28(12-9-6-2)29-22-23(4)32(35)40-29/h7,14-21,28-29,31H,3-6,8-13,22H2,1-2H3. The Kier molecular flexibility index (Phi) is 12.5. The van der Waals surface area contributed by atoms with Crippen molar-refractivity contribution < 1.29 is 38.1 Å². The molecule has 0 aliphatic carbocycles. The molecule has 0 saturated carbocycles. The first-order valence-corrected chi connectivity index (χ1v) is 14.3. The zero-order valence-corrected chi connectivity index (χ0v) is 24.0. The van der Waals surface area contributed by atoms with Gasteiger partial charge in [-0.15, -0.1) is 0 Å². The summed E-state index contributed by atoms with van der Waals surface area (Å²) in [4.78, 5) is 36.2. The fourth-order valence-corrected chi connectivity index (χ4v) is 4.33. The predicted octanol–water partition coefficient (Wildman–Crippen LogP) is 7.12. The van der Waals surface area contributed by atoms with E-state index < -0.39 is 18.2 Å². The molecule has 2 aromatic carbocycles. The lowest BCUT2D eigenvalue weighted by Gasteiger charge is -2.23. The first kappa shape index (κ1) is 31.5. The van der Waals surface area contributed by atoms with Gasteiger partial charge in [0, 0.05) is 24.5 Å². The van der Waals surface area contributed by atoms with Gasteiger partial charge in [0.25, 0.3) is 0 Å². The van der Waals surface area contributed by atoms with Crippen molar-refractivity contribution in [3.05, 3.63) is 78.9 Å². The van der Waals surface area contributed by atoms with Crippen molar-refractivity contribution in [2.75, 3.05) is 0 Å². The SMILES string of the molecule is C=CC(=O)OC(CCCCCC)Oc1ccc(OC(=O)c2ccc(OC(CCCC)C3CC(=C)C(=O)O3)cc2)cc1. The third-order valence-corrected chi connectivity index (χ3v) is 6.64. The molecule has 41 heavy (non-hydrogen) atoms. The van der Waals surface area contributed by atoms with Crippen molar-refractivity contribution in [2.45, 2.75) is 90.1 Å². The first-order chi connectivity index (χ1) is 19.8. The molecule has 3 rings (SSSR count). The molecule has 8 heteroatoms. The highest BCUT2D eigenvalue weighted by molar-refractivity contribution is 5.91. The van der Waals surface area contributed by atoms with Crippen molar-refractivity contribution in [1.82, 2.24) is 0 Å². The summed E-state index contributed by atoms with van der Waals surface area (Å²) >= 11 is 0. The van der Waals surface area contributed by atoms with Crippen LogP contribution in [-0.2, 0) is 19.1 Å². The Morgan fingerprint density at radius 2 is 1.54 bits per heavy atom. The second-order valence-corrected chi connectivity index (χ2v) is 9.97. The van der Waals surface area contributed by atoms with Crippen LogP contribution in [0, 0.1) is 0 Å². The first-order valence-electron chi connectivity index (χ1n) is 14.3. The molecule has 0 radical (unpaired) electrons. The smallest absolute Gasteiger partial charge is 0.343 e. The van der Waals surface area contributed by atoms with Crippen LogP contribution in [0.1, 0.15) is 82.0 Å². The van der Waals surface area contributed by atoms with Crippen LogP contribution < -0.4 is 14.2 Å². The molecular formula is C33H40O8. The summed E-state index contributed by atoms with van der Waals surface area (Å²) in [5.74, 6) is -0.0551. The molecule has 2 aromatic rings. The summed E-state index contributed by atoms with van der Waals surface area (Å²) in [7, 11) is 0. The Labute approximate surface area is 242 Å². The lowest BCUT2D eigenvalue weighted by atomic mass is 10.0. The fourth-order valence-electron chi connectivity index (χ4n) is 4.33. The van der Waals surface area contributed by atoms with Gasteiger partial charge in [0.2, 0.25) is 6.29 Å². The minimum atomic E-state index is -0.729. The molecule has 0 spiro atoms. The molecular weight excluding hydrogens is 524 g/mol. The third kappa shape index (κ3) is 10.1. The highest BCUT2D eigenvalue weighted by Crippen LogP contribution is 2.28. The van der Waals surface area contributed by atoms with Crippen molar-refractivity contribution in [1.29, 1.82) is 0 Å². The number of hydrogen-bond acceptors (Lipinski definition) is 8. The largest absolute Gasteiger partial charge is 0.487 e. The Morgan fingerprint density at radius 3 is 2.15 bits per heavy atom. The van der Waals surface area contributed by atoms with Gasteiger partial charge in [-0.2, -0.15) is 0 Å². The molecule has 0 aromatic heterocycles. The predicted molar refractivity (Wildman–Crippen MR) is 155 cm³/mol. The topological polar surface area (TPSA) is 97.4 Å². The number of rotatable bonds is 17. The molecule has 3 unspecified atom stereocenters. The van der Waals surface area contributed by atoms with Crippen molar-refractivity contribution in [2.24, 2.45) is 0 Å². The van der Waals surface area contributed by atoms with Gasteiger partial charge in [-0.25, -0.2) is 14.4 Å². The van der Waals surface area contributed by atoms with E-state index in [2.05, 4.69) is 27.0 Å². The Balaban J connectivity index is 1.56. The monoisotopic (exact) mass is 564 g/mol. The van der Waals surface area contributed by atoms with Crippen LogP contribution in [0.3, 0.4) is 0 Å². The summed E-state index contributed by atoms with van der Waals surface area (Å²) in [5.41, 5.74) is 0.808. The molecule has 0 bridgehead atoms. The van der Waals surface area contributed by atoms with E-state index >= 15 is 0 Å². The van der Waals surface area contributed by atoms with Crippen molar-refractivity contribution in [3.8, 4) is 17.2 Å². The van der Waals surface area contributed by atoms with E-state index in [4.69, 9.17) is 23.7 Å². The minimum Gasteiger partial charge on any atom is -0.487 e. The van der Waals surface area contributed by atoms with Crippen LogP contribution in [0.2, 0.25) is 0 Å². The van der Waals surface area contributed by atoms with E-state index in [-0.39, 0.29) is 18.2 Å². The number of carbonyl (C=O) groups excluding carboxylic acids is 3. The maximum absolute atomic E-state index is 12.7. The van der Waals surface area contributed by atoms with Crippen LogP contribution >= 0.6 is 0 Å². The van der Waals surface area contributed by atoms with Crippen molar-refractivity contribution >= 4 is 17.9 Å². The average Bonchev–Trinajstić information content (AvgIpc) is 3.31. The minimum absolute atomic E-state index is 0.298. The second kappa shape index (κ2) is 16.3. The normalized spacial score (nSPS) is 15.9. The number of hydrogen-bond donors (Lipinski definition) is 0. The maximum atomic E-state index is 12.7. The average molecular weight is 565 g/mol. The molecule has 0 amide bonds. The van der Waals surface area contributed by atoms with E-state index in [1.807, 2.05) is 0 Å². The van der Waals surface area contributed by atoms with Gasteiger partial charge < -0.3 is 23.7 Å². The molecule has 8 nitrogen and oxygen atoms in total. The highest BCUT2D eigenvalue weighted by Gasteiger charge is 2.35. The summed E-state index contributed by atoms with van der Waals surface area (Å²) in [6.07, 6.45) is 7.47. The summed E-state index contributed by atoms with van der Waals surface area (Å²) in [5, 5.41) is 0. The third-order valence-electron chi connectivity index (χ3n) is 6.64. The zero-order valence-electron chi connectivity index (χ0n) is 24.0.